The second kappa shape index (κ2) is 1.08. The summed E-state index contributed by atoms with van der Waals surface area (Å²) in [7, 11) is 0. The topological polar surface area (TPSA) is 9.23 Å². The molecule has 1 heteroatoms. The molecule has 0 amide bonds. The highest BCUT2D eigenvalue weighted by Crippen LogP contribution is 2.48. The highest BCUT2D eigenvalue weighted by atomic mass is 16.5. The van der Waals surface area contributed by atoms with Crippen LogP contribution in [0.3, 0.4) is 0 Å². The third-order valence-corrected chi connectivity index (χ3v) is 2.50. The molecule has 46 valence electrons. The summed E-state index contributed by atoms with van der Waals surface area (Å²) in [6.45, 7) is 0. The number of allylic oxidation sites excluding steroid dienone is 1. The second-order valence-corrected chi connectivity index (χ2v) is 2.91. The Bertz CT molecular complexity index is 235. The van der Waals surface area contributed by atoms with Gasteiger partial charge in [-0.15, -0.1) is 0 Å². The molecule has 0 fully saturated rings. The van der Waals surface area contributed by atoms with E-state index >= 15 is 0 Å². The van der Waals surface area contributed by atoms with Crippen LogP contribution < -0.4 is 0 Å². The monoisotopic (exact) mass is 120 g/mol. The average molecular weight is 120 g/mol. The third-order valence-electron chi connectivity index (χ3n) is 2.50. The van der Waals surface area contributed by atoms with Crippen LogP contribution in [0.4, 0.5) is 0 Å². The predicted octanol–water partition coefficient (Wildman–Crippen LogP) is 1.76. The Hall–Kier alpha value is -0.720. The Morgan fingerprint density at radius 2 is 2.44 bits per heavy atom. The lowest BCUT2D eigenvalue weighted by Crippen LogP contribution is -2.11. The summed E-state index contributed by atoms with van der Waals surface area (Å²) in [4.78, 5) is 0. The smallest absolute Gasteiger partial charge is 0.124 e. The Kier molecular flexibility index (Phi) is 0.500. The molecule has 2 aliphatic heterocycles. The molecular weight excluding hydrogens is 112 g/mol. The molecule has 3 aliphatic rings. The van der Waals surface area contributed by atoms with E-state index in [4.69, 9.17) is 4.74 Å². The molecule has 0 aromatic rings. The van der Waals surface area contributed by atoms with Crippen molar-refractivity contribution in [3.8, 4) is 0 Å². The van der Waals surface area contributed by atoms with Crippen LogP contribution in [0.5, 0.6) is 0 Å². The van der Waals surface area contributed by atoms with Crippen molar-refractivity contribution in [1.82, 2.24) is 0 Å². The lowest BCUT2D eigenvalue weighted by atomic mass is 9.82. The van der Waals surface area contributed by atoms with Crippen LogP contribution in [0.25, 0.3) is 0 Å². The highest BCUT2D eigenvalue weighted by Gasteiger charge is 2.39. The van der Waals surface area contributed by atoms with Gasteiger partial charge in [0.2, 0.25) is 0 Å². The van der Waals surface area contributed by atoms with E-state index in [-0.39, 0.29) is 0 Å². The van der Waals surface area contributed by atoms with Crippen LogP contribution in [0, 0.1) is 0 Å². The van der Waals surface area contributed by atoms with E-state index < -0.39 is 0 Å². The van der Waals surface area contributed by atoms with Crippen molar-refractivity contribution in [2.45, 2.75) is 25.4 Å². The zero-order valence-corrected chi connectivity index (χ0v) is 5.18. The predicted molar refractivity (Wildman–Crippen MR) is 33.8 cm³/mol. The minimum absolute atomic E-state index is 0.490. The Morgan fingerprint density at radius 1 is 1.44 bits per heavy atom. The van der Waals surface area contributed by atoms with Gasteiger partial charge in [0.05, 0.1) is 0 Å². The van der Waals surface area contributed by atoms with Crippen molar-refractivity contribution in [3.63, 3.8) is 0 Å². The summed E-state index contributed by atoms with van der Waals surface area (Å²) < 4.78 is 5.55. The zero-order valence-electron chi connectivity index (χ0n) is 5.18. The standard InChI is InChI=1S/C8H8O/c1-2-6-5(1)7-3-4-8(6)9-7/h3,8H,1-2,4H2. The van der Waals surface area contributed by atoms with Gasteiger partial charge in [0, 0.05) is 6.42 Å². The van der Waals surface area contributed by atoms with Crippen molar-refractivity contribution >= 4 is 0 Å². The summed E-state index contributed by atoms with van der Waals surface area (Å²) in [5.74, 6) is 1.21. The second-order valence-electron chi connectivity index (χ2n) is 2.91. The van der Waals surface area contributed by atoms with Crippen LogP contribution in [0.15, 0.2) is 23.0 Å². The van der Waals surface area contributed by atoms with Gasteiger partial charge in [-0.2, -0.15) is 0 Å². The molecule has 0 aromatic carbocycles. The van der Waals surface area contributed by atoms with Gasteiger partial charge in [0.1, 0.15) is 11.9 Å². The SMILES string of the molecule is C1=C2OC(C1)C1=C2CC1. The minimum Gasteiger partial charge on any atom is -0.486 e. The lowest BCUT2D eigenvalue weighted by Gasteiger charge is -2.19. The molecule has 0 saturated carbocycles. The summed E-state index contributed by atoms with van der Waals surface area (Å²) in [5, 5.41) is 0. The molecule has 1 unspecified atom stereocenters. The van der Waals surface area contributed by atoms with Crippen molar-refractivity contribution in [2.24, 2.45) is 0 Å². The summed E-state index contributed by atoms with van der Waals surface area (Å²) in [6, 6.07) is 0. The Morgan fingerprint density at radius 3 is 2.89 bits per heavy atom. The van der Waals surface area contributed by atoms with Crippen molar-refractivity contribution in [1.29, 1.82) is 0 Å². The maximum absolute atomic E-state index is 5.55. The van der Waals surface area contributed by atoms with Crippen molar-refractivity contribution < 1.29 is 4.74 Å². The molecule has 0 radical (unpaired) electrons. The number of fused-ring (bicyclic) bond motifs is 4. The van der Waals surface area contributed by atoms with Gasteiger partial charge in [-0.05, 0) is 30.1 Å². The largest absolute Gasteiger partial charge is 0.486 e. The molecule has 9 heavy (non-hydrogen) atoms. The first-order valence-electron chi connectivity index (χ1n) is 3.54. The fourth-order valence-electron chi connectivity index (χ4n) is 1.90. The third kappa shape index (κ3) is 0.318. The van der Waals surface area contributed by atoms with Crippen LogP contribution in [-0.2, 0) is 4.74 Å². The molecule has 1 nitrogen and oxygen atoms in total. The molecule has 3 rings (SSSR count). The van der Waals surface area contributed by atoms with Gasteiger partial charge in [0.25, 0.3) is 0 Å². The first-order valence-corrected chi connectivity index (χ1v) is 3.54. The van der Waals surface area contributed by atoms with Gasteiger partial charge in [0.15, 0.2) is 0 Å². The Labute approximate surface area is 54.0 Å². The normalized spacial score (nSPS) is 35.6. The van der Waals surface area contributed by atoms with Crippen molar-refractivity contribution in [3.05, 3.63) is 23.0 Å². The first kappa shape index (κ1) is 4.15. The molecule has 0 aromatic heterocycles. The summed E-state index contributed by atoms with van der Waals surface area (Å²) >= 11 is 0. The van der Waals surface area contributed by atoms with Crippen molar-refractivity contribution in [2.75, 3.05) is 0 Å². The molecule has 0 spiro atoms. The van der Waals surface area contributed by atoms with E-state index in [1.54, 1.807) is 5.57 Å². The zero-order chi connectivity index (χ0) is 5.84. The fraction of sp³-hybridized carbons (Fsp3) is 0.500. The van der Waals surface area contributed by atoms with E-state index in [0.717, 1.165) is 6.42 Å². The van der Waals surface area contributed by atoms with E-state index in [0.29, 0.717) is 6.10 Å². The van der Waals surface area contributed by atoms with E-state index in [9.17, 15) is 0 Å². The molecule has 0 N–H and O–H groups in total. The summed E-state index contributed by atoms with van der Waals surface area (Å²) in [6.07, 6.45) is 6.44. The molecule has 1 atom stereocenters. The van der Waals surface area contributed by atoms with Gasteiger partial charge >= 0.3 is 0 Å². The maximum atomic E-state index is 5.55. The number of ether oxygens (including phenoxy) is 1. The van der Waals surface area contributed by atoms with E-state index in [2.05, 4.69) is 6.08 Å². The van der Waals surface area contributed by atoms with E-state index in [1.165, 1.54) is 24.2 Å². The molecule has 0 saturated heterocycles. The molecule has 2 bridgehead atoms. The summed E-state index contributed by atoms with van der Waals surface area (Å²) in [5.41, 5.74) is 3.14. The van der Waals surface area contributed by atoms with Gasteiger partial charge < -0.3 is 4.74 Å². The number of hydrogen-bond acceptors (Lipinski definition) is 1. The molecule has 1 aliphatic carbocycles. The van der Waals surface area contributed by atoms with Gasteiger partial charge in [-0.1, -0.05) is 0 Å². The number of hydrogen-bond donors (Lipinski definition) is 0. The minimum atomic E-state index is 0.490. The van der Waals surface area contributed by atoms with Crippen LogP contribution >= 0.6 is 0 Å². The van der Waals surface area contributed by atoms with Crippen LogP contribution in [0.1, 0.15) is 19.3 Å². The molecule has 2 heterocycles. The first-order chi connectivity index (χ1) is 4.45. The molecular formula is C8H8O. The number of rotatable bonds is 0. The van der Waals surface area contributed by atoms with E-state index in [1.807, 2.05) is 0 Å². The average Bonchev–Trinajstić information content (AvgIpc) is 2.18. The van der Waals surface area contributed by atoms with Gasteiger partial charge in [-0.25, -0.2) is 0 Å². The van der Waals surface area contributed by atoms with Crippen LogP contribution in [0.2, 0.25) is 0 Å². The Balaban J connectivity index is 2.23. The quantitative estimate of drug-likeness (QED) is 0.473. The fourth-order valence-corrected chi connectivity index (χ4v) is 1.90. The lowest BCUT2D eigenvalue weighted by molar-refractivity contribution is 0.202. The van der Waals surface area contributed by atoms with Crippen LogP contribution in [-0.4, -0.2) is 6.10 Å². The van der Waals surface area contributed by atoms with Gasteiger partial charge in [-0.3, -0.25) is 0 Å². The maximum Gasteiger partial charge on any atom is 0.124 e. The highest BCUT2D eigenvalue weighted by molar-refractivity contribution is 5.48.